The third-order valence-corrected chi connectivity index (χ3v) is 9.86. The van der Waals surface area contributed by atoms with Gasteiger partial charge in [0.1, 0.15) is 19.3 Å². The zero-order valence-corrected chi connectivity index (χ0v) is 27.8. The van der Waals surface area contributed by atoms with Gasteiger partial charge in [-0.1, -0.05) is 73.3 Å². The van der Waals surface area contributed by atoms with Crippen LogP contribution in [0.1, 0.15) is 56.1 Å². The summed E-state index contributed by atoms with van der Waals surface area (Å²) >= 11 is 6.31. The molecule has 1 atom stereocenters. The highest BCUT2D eigenvalue weighted by molar-refractivity contribution is 7.92. The van der Waals surface area contributed by atoms with Gasteiger partial charge in [0.25, 0.3) is 0 Å². The van der Waals surface area contributed by atoms with Crippen LogP contribution in [0.25, 0.3) is 0 Å². The molecule has 0 radical (unpaired) electrons. The van der Waals surface area contributed by atoms with Crippen LogP contribution in [0.3, 0.4) is 0 Å². The third kappa shape index (κ3) is 9.16. The molecular formula is C35H42ClN3O6S. The topological polar surface area (TPSA) is 105 Å². The largest absolute Gasteiger partial charge is 0.486 e. The van der Waals surface area contributed by atoms with E-state index >= 15 is 0 Å². The molecule has 1 aliphatic carbocycles. The number of ether oxygens (including phenoxy) is 2. The van der Waals surface area contributed by atoms with E-state index in [9.17, 15) is 18.0 Å². The van der Waals surface area contributed by atoms with E-state index in [1.54, 1.807) is 35.2 Å². The lowest BCUT2D eigenvalue weighted by Crippen LogP contribution is -2.52. The van der Waals surface area contributed by atoms with Gasteiger partial charge < -0.3 is 19.7 Å². The molecule has 0 aromatic heterocycles. The van der Waals surface area contributed by atoms with Crippen molar-refractivity contribution in [2.75, 3.05) is 30.3 Å². The average molecular weight is 668 g/mol. The number of carbonyl (C=O) groups excluding carboxylic acids is 2. The van der Waals surface area contributed by atoms with Crippen molar-refractivity contribution in [3.63, 3.8) is 0 Å². The molecule has 1 aliphatic heterocycles. The van der Waals surface area contributed by atoms with Crippen molar-refractivity contribution >= 4 is 39.1 Å². The van der Waals surface area contributed by atoms with Crippen LogP contribution in [0.2, 0.25) is 5.02 Å². The number of hydrogen-bond acceptors (Lipinski definition) is 6. The van der Waals surface area contributed by atoms with Crippen LogP contribution < -0.4 is 19.1 Å². The van der Waals surface area contributed by atoms with Crippen LogP contribution in [-0.4, -0.2) is 63.2 Å². The lowest BCUT2D eigenvalue weighted by Gasteiger charge is -2.34. The van der Waals surface area contributed by atoms with Crippen LogP contribution in [0.15, 0.2) is 72.8 Å². The van der Waals surface area contributed by atoms with E-state index in [1.807, 2.05) is 42.5 Å². The predicted molar refractivity (Wildman–Crippen MR) is 180 cm³/mol. The molecule has 1 N–H and O–H groups in total. The summed E-state index contributed by atoms with van der Waals surface area (Å²) in [6, 6.07) is 21.3. The number of halogens is 1. The maximum absolute atomic E-state index is 14.1. The Bertz CT molecular complexity index is 1600. The number of sulfonamides is 1. The van der Waals surface area contributed by atoms with Gasteiger partial charge in [0.15, 0.2) is 11.5 Å². The number of nitrogens with zero attached hydrogens (tertiary/aromatic N) is 2. The van der Waals surface area contributed by atoms with Crippen molar-refractivity contribution in [3.05, 3.63) is 88.9 Å². The van der Waals surface area contributed by atoms with Gasteiger partial charge in [-0.2, -0.15) is 0 Å². The minimum Gasteiger partial charge on any atom is -0.486 e. The average Bonchev–Trinajstić information content (AvgIpc) is 3.05. The number of benzene rings is 3. The van der Waals surface area contributed by atoms with Crippen molar-refractivity contribution in [3.8, 4) is 11.5 Å². The molecule has 246 valence electrons. The summed E-state index contributed by atoms with van der Waals surface area (Å²) in [6.07, 6.45) is 6.92. The van der Waals surface area contributed by atoms with Crippen molar-refractivity contribution < 1.29 is 27.5 Å². The Morgan fingerprint density at radius 2 is 1.63 bits per heavy atom. The fourth-order valence-corrected chi connectivity index (χ4v) is 7.29. The Kier molecular flexibility index (Phi) is 11.5. The van der Waals surface area contributed by atoms with E-state index < -0.39 is 16.1 Å². The summed E-state index contributed by atoms with van der Waals surface area (Å²) in [6.45, 7) is 1.07. The molecule has 5 rings (SSSR count). The van der Waals surface area contributed by atoms with Gasteiger partial charge in [0.2, 0.25) is 21.8 Å². The van der Waals surface area contributed by atoms with Gasteiger partial charge in [-0.15, -0.1) is 0 Å². The van der Waals surface area contributed by atoms with E-state index in [-0.39, 0.29) is 43.8 Å². The molecule has 2 aliphatic rings. The Balaban J connectivity index is 1.38. The quantitative estimate of drug-likeness (QED) is 0.249. The van der Waals surface area contributed by atoms with Crippen LogP contribution in [0.4, 0.5) is 5.69 Å². The number of fused-ring (bicyclic) bond motifs is 1. The second-order valence-corrected chi connectivity index (χ2v) is 14.3. The molecule has 1 saturated carbocycles. The van der Waals surface area contributed by atoms with E-state index in [1.165, 1.54) is 4.31 Å². The summed E-state index contributed by atoms with van der Waals surface area (Å²) in [5.74, 6) is 0.621. The van der Waals surface area contributed by atoms with Crippen LogP contribution in [0.5, 0.6) is 11.5 Å². The first kappa shape index (κ1) is 33.6. The molecule has 1 fully saturated rings. The molecule has 0 unspecified atom stereocenters. The Labute approximate surface area is 276 Å². The molecule has 0 bridgehead atoms. The van der Waals surface area contributed by atoms with Gasteiger partial charge in [-0.05, 0) is 54.7 Å². The fourth-order valence-electron chi connectivity index (χ4n) is 6.12. The second kappa shape index (κ2) is 15.7. The Morgan fingerprint density at radius 3 is 2.35 bits per heavy atom. The highest BCUT2D eigenvalue weighted by Crippen LogP contribution is 2.35. The van der Waals surface area contributed by atoms with Gasteiger partial charge in [0, 0.05) is 43.1 Å². The standard InChI is InChI=1S/C35H42ClN3O6S/c1-46(42,43)39(30-17-18-32-33(24-30)45-21-20-44-32)19-9-16-34(40)38(25-27-12-8-13-28(36)22-27)31(23-26-10-4-2-5-11-26)35(41)37-29-14-6-3-7-15-29/h2,4-5,8,10-13,17-18,22,24,29,31H,3,6-7,9,14-16,19-21,23,25H2,1H3,(H,37,41)/t31-/m0/s1. The second-order valence-electron chi connectivity index (χ2n) is 12.0. The highest BCUT2D eigenvalue weighted by Gasteiger charge is 2.32. The number of amides is 2. The van der Waals surface area contributed by atoms with Crippen molar-refractivity contribution in [2.24, 2.45) is 0 Å². The van der Waals surface area contributed by atoms with Gasteiger partial charge in [0.05, 0.1) is 11.9 Å². The number of carbonyl (C=O) groups is 2. The Morgan fingerprint density at radius 1 is 0.913 bits per heavy atom. The summed E-state index contributed by atoms with van der Waals surface area (Å²) in [4.78, 5) is 29.8. The predicted octanol–water partition coefficient (Wildman–Crippen LogP) is 5.75. The number of rotatable bonds is 13. The minimum absolute atomic E-state index is 0.0408. The number of anilines is 1. The SMILES string of the molecule is CS(=O)(=O)N(CCCC(=O)N(Cc1cccc(Cl)c1)[C@@H](Cc1ccccc1)C(=O)NC1CCCCC1)c1ccc2c(c1)OCCO2. The van der Waals surface area contributed by atoms with Crippen molar-refractivity contribution in [2.45, 2.75) is 70.0 Å². The van der Waals surface area contributed by atoms with E-state index in [4.69, 9.17) is 21.1 Å². The van der Waals surface area contributed by atoms with E-state index in [0.717, 1.165) is 49.5 Å². The van der Waals surface area contributed by atoms with Crippen LogP contribution >= 0.6 is 11.6 Å². The number of hydrogen-bond donors (Lipinski definition) is 1. The molecule has 1 heterocycles. The summed E-state index contributed by atoms with van der Waals surface area (Å²) in [5.41, 5.74) is 2.18. The van der Waals surface area contributed by atoms with E-state index in [2.05, 4.69) is 5.32 Å². The molecule has 3 aromatic rings. The fraction of sp³-hybridized carbons (Fsp3) is 0.429. The maximum atomic E-state index is 14.1. The molecule has 2 amide bonds. The molecule has 0 spiro atoms. The highest BCUT2D eigenvalue weighted by atomic mass is 35.5. The van der Waals surface area contributed by atoms with Gasteiger partial charge >= 0.3 is 0 Å². The van der Waals surface area contributed by atoms with E-state index in [0.29, 0.717) is 41.8 Å². The van der Waals surface area contributed by atoms with Crippen molar-refractivity contribution in [1.82, 2.24) is 10.2 Å². The zero-order valence-electron chi connectivity index (χ0n) is 26.2. The van der Waals surface area contributed by atoms with Gasteiger partial charge in [-0.3, -0.25) is 13.9 Å². The normalized spacial score (nSPS) is 15.5. The minimum atomic E-state index is -3.67. The smallest absolute Gasteiger partial charge is 0.243 e. The molecule has 9 nitrogen and oxygen atoms in total. The summed E-state index contributed by atoms with van der Waals surface area (Å²) < 4.78 is 38.3. The molecule has 0 saturated heterocycles. The van der Waals surface area contributed by atoms with Crippen LogP contribution in [-0.2, 0) is 32.6 Å². The molecule has 46 heavy (non-hydrogen) atoms. The first-order valence-electron chi connectivity index (χ1n) is 15.9. The van der Waals surface area contributed by atoms with Gasteiger partial charge in [-0.25, -0.2) is 8.42 Å². The van der Waals surface area contributed by atoms with Crippen LogP contribution in [0, 0.1) is 0 Å². The zero-order chi connectivity index (χ0) is 32.5. The molecule has 3 aromatic carbocycles. The molecule has 11 heteroatoms. The first-order chi connectivity index (χ1) is 22.2. The molecular weight excluding hydrogens is 626 g/mol. The monoisotopic (exact) mass is 667 g/mol. The Hall–Kier alpha value is -3.76. The van der Waals surface area contributed by atoms with Crippen molar-refractivity contribution in [1.29, 1.82) is 0 Å². The maximum Gasteiger partial charge on any atom is 0.243 e. The first-order valence-corrected chi connectivity index (χ1v) is 18.2. The third-order valence-electron chi connectivity index (χ3n) is 8.43. The summed E-state index contributed by atoms with van der Waals surface area (Å²) in [7, 11) is -3.67. The number of nitrogens with one attached hydrogen (secondary N) is 1. The lowest BCUT2D eigenvalue weighted by atomic mass is 9.94. The summed E-state index contributed by atoms with van der Waals surface area (Å²) in [5, 5.41) is 3.78. The lowest BCUT2D eigenvalue weighted by molar-refractivity contribution is -0.141.